The predicted octanol–water partition coefficient (Wildman–Crippen LogP) is 4.28. The van der Waals surface area contributed by atoms with Crippen molar-refractivity contribution in [2.45, 2.75) is 12.3 Å². The number of aryl methyl sites for hydroxylation is 1. The molecule has 5 heteroatoms. The average molecular weight is 346 g/mol. The minimum atomic E-state index is -0.291. The SMILES string of the molecule is Cc1ccc(-c2nnc(CBr)n2-c2ccccc2)c(F)c1. The number of hydrogen-bond acceptors (Lipinski definition) is 2. The quantitative estimate of drug-likeness (QED) is 0.663. The number of alkyl halides is 1. The van der Waals surface area contributed by atoms with Crippen LogP contribution in [0.3, 0.4) is 0 Å². The van der Waals surface area contributed by atoms with Crippen molar-refractivity contribution in [3.63, 3.8) is 0 Å². The molecule has 3 rings (SSSR count). The van der Waals surface area contributed by atoms with Crippen LogP contribution in [0.4, 0.5) is 4.39 Å². The summed E-state index contributed by atoms with van der Waals surface area (Å²) in [7, 11) is 0. The van der Waals surface area contributed by atoms with E-state index in [2.05, 4.69) is 26.1 Å². The van der Waals surface area contributed by atoms with E-state index < -0.39 is 0 Å². The van der Waals surface area contributed by atoms with E-state index in [-0.39, 0.29) is 5.82 Å². The van der Waals surface area contributed by atoms with Gasteiger partial charge in [0.1, 0.15) is 11.6 Å². The third-order valence-corrected chi connectivity index (χ3v) is 3.73. The van der Waals surface area contributed by atoms with Crippen molar-refractivity contribution < 1.29 is 4.39 Å². The largest absolute Gasteiger partial charge is 0.278 e. The van der Waals surface area contributed by atoms with E-state index in [0.717, 1.165) is 17.1 Å². The van der Waals surface area contributed by atoms with Crippen molar-refractivity contribution in [1.29, 1.82) is 0 Å². The number of hydrogen-bond donors (Lipinski definition) is 0. The van der Waals surface area contributed by atoms with Crippen LogP contribution in [-0.2, 0) is 5.33 Å². The van der Waals surface area contributed by atoms with Gasteiger partial charge in [-0.2, -0.15) is 0 Å². The Morgan fingerprint density at radius 1 is 1.10 bits per heavy atom. The highest BCUT2D eigenvalue weighted by atomic mass is 79.9. The molecule has 21 heavy (non-hydrogen) atoms. The highest BCUT2D eigenvalue weighted by Gasteiger charge is 2.17. The van der Waals surface area contributed by atoms with Crippen LogP contribution in [0.2, 0.25) is 0 Å². The summed E-state index contributed by atoms with van der Waals surface area (Å²) >= 11 is 3.40. The molecule has 0 unspecified atom stereocenters. The van der Waals surface area contributed by atoms with Crippen molar-refractivity contribution in [3.8, 4) is 17.1 Å². The van der Waals surface area contributed by atoms with Crippen molar-refractivity contribution in [3.05, 3.63) is 65.7 Å². The molecule has 2 aromatic carbocycles. The number of aromatic nitrogens is 3. The molecule has 1 aromatic heterocycles. The lowest BCUT2D eigenvalue weighted by Crippen LogP contribution is -2.02. The fraction of sp³-hybridized carbons (Fsp3) is 0.125. The molecule has 0 aliphatic rings. The lowest BCUT2D eigenvalue weighted by Gasteiger charge is -2.10. The highest BCUT2D eigenvalue weighted by molar-refractivity contribution is 9.08. The summed E-state index contributed by atoms with van der Waals surface area (Å²) < 4.78 is 16.1. The minimum absolute atomic E-state index is 0.291. The lowest BCUT2D eigenvalue weighted by molar-refractivity contribution is 0.628. The first-order valence-electron chi connectivity index (χ1n) is 6.53. The van der Waals surface area contributed by atoms with Crippen LogP contribution >= 0.6 is 15.9 Å². The van der Waals surface area contributed by atoms with Gasteiger partial charge in [-0.15, -0.1) is 10.2 Å². The van der Waals surface area contributed by atoms with E-state index >= 15 is 0 Å². The summed E-state index contributed by atoms with van der Waals surface area (Å²) in [5, 5.41) is 8.86. The fourth-order valence-corrected chi connectivity index (χ4v) is 2.59. The summed E-state index contributed by atoms with van der Waals surface area (Å²) in [5.74, 6) is 0.949. The predicted molar refractivity (Wildman–Crippen MR) is 84.1 cm³/mol. The average Bonchev–Trinajstić information content (AvgIpc) is 2.92. The van der Waals surface area contributed by atoms with Crippen LogP contribution in [0.1, 0.15) is 11.4 Å². The number of halogens is 2. The number of benzene rings is 2. The van der Waals surface area contributed by atoms with Gasteiger partial charge >= 0.3 is 0 Å². The molecule has 0 fully saturated rings. The Balaban J connectivity index is 2.22. The first-order chi connectivity index (χ1) is 10.2. The Morgan fingerprint density at radius 2 is 1.86 bits per heavy atom. The summed E-state index contributed by atoms with van der Waals surface area (Å²) in [6.45, 7) is 1.86. The van der Waals surface area contributed by atoms with Crippen LogP contribution in [0.5, 0.6) is 0 Å². The van der Waals surface area contributed by atoms with Crippen molar-refractivity contribution in [2.24, 2.45) is 0 Å². The molecule has 0 amide bonds. The molecule has 0 atom stereocenters. The summed E-state index contributed by atoms with van der Waals surface area (Å²) in [6.07, 6.45) is 0. The zero-order chi connectivity index (χ0) is 14.8. The molecular formula is C16H13BrFN3. The Kier molecular flexibility index (Phi) is 3.84. The molecular weight excluding hydrogens is 333 g/mol. The first kappa shape index (κ1) is 13.9. The van der Waals surface area contributed by atoms with Gasteiger partial charge in [-0.3, -0.25) is 4.57 Å². The molecule has 0 radical (unpaired) electrons. The van der Waals surface area contributed by atoms with E-state index in [1.54, 1.807) is 6.07 Å². The van der Waals surface area contributed by atoms with Crippen LogP contribution in [0.25, 0.3) is 17.1 Å². The number of rotatable bonds is 3. The van der Waals surface area contributed by atoms with Crippen LogP contribution < -0.4 is 0 Å². The third-order valence-electron chi connectivity index (χ3n) is 3.23. The standard InChI is InChI=1S/C16H13BrFN3/c1-11-7-8-13(14(18)9-11)16-20-19-15(10-17)21(16)12-5-3-2-4-6-12/h2-9H,10H2,1H3. The summed E-state index contributed by atoms with van der Waals surface area (Å²) in [6, 6.07) is 14.8. The second kappa shape index (κ2) is 5.77. The maximum Gasteiger partial charge on any atom is 0.171 e. The molecule has 3 aromatic rings. The third kappa shape index (κ3) is 2.61. The highest BCUT2D eigenvalue weighted by Crippen LogP contribution is 2.26. The molecule has 0 saturated carbocycles. The fourth-order valence-electron chi connectivity index (χ4n) is 2.23. The molecule has 0 aliphatic heterocycles. The zero-order valence-electron chi connectivity index (χ0n) is 11.4. The Hall–Kier alpha value is -2.01. The van der Waals surface area contributed by atoms with Gasteiger partial charge in [-0.1, -0.05) is 40.2 Å². The Labute approximate surface area is 130 Å². The summed E-state index contributed by atoms with van der Waals surface area (Å²) in [5.41, 5.74) is 2.24. The van der Waals surface area contributed by atoms with E-state index in [0.29, 0.717) is 16.7 Å². The van der Waals surface area contributed by atoms with Crippen molar-refractivity contribution in [1.82, 2.24) is 14.8 Å². The van der Waals surface area contributed by atoms with Crippen LogP contribution in [-0.4, -0.2) is 14.8 Å². The molecule has 0 bridgehead atoms. The maximum absolute atomic E-state index is 14.3. The van der Waals surface area contributed by atoms with Gasteiger partial charge in [0, 0.05) is 5.69 Å². The second-order valence-electron chi connectivity index (χ2n) is 4.73. The van der Waals surface area contributed by atoms with E-state index in [1.807, 2.05) is 47.9 Å². The number of nitrogens with zero attached hydrogens (tertiary/aromatic N) is 3. The minimum Gasteiger partial charge on any atom is -0.278 e. The topological polar surface area (TPSA) is 30.7 Å². The second-order valence-corrected chi connectivity index (χ2v) is 5.29. The lowest BCUT2D eigenvalue weighted by atomic mass is 10.1. The molecule has 3 nitrogen and oxygen atoms in total. The van der Waals surface area contributed by atoms with Crippen LogP contribution in [0.15, 0.2) is 48.5 Å². The van der Waals surface area contributed by atoms with Crippen molar-refractivity contribution >= 4 is 15.9 Å². The van der Waals surface area contributed by atoms with E-state index in [1.165, 1.54) is 6.07 Å². The monoisotopic (exact) mass is 345 g/mol. The maximum atomic E-state index is 14.3. The Morgan fingerprint density at radius 3 is 2.52 bits per heavy atom. The smallest absolute Gasteiger partial charge is 0.171 e. The van der Waals surface area contributed by atoms with Gasteiger partial charge in [0.15, 0.2) is 5.82 Å². The number of para-hydroxylation sites is 1. The van der Waals surface area contributed by atoms with Gasteiger partial charge in [-0.05, 0) is 36.8 Å². The summed E-state index contributed by atoms with van der Waals surface area (Å²) in [4.78, 5) is 0. The zero-order valence-corrected chi connectivity index (χ0v) is 13.0. The Bertz CT molecular complexity index is 768. The molecule has 0 N–H and O–H groups in total. The van der Waals surface area contributed by atoms with E-state index in [4.69, 9.17) is 0 Å². The van der Waals surface area contributed by atoms with Crippen molar-refractivity contribution in [2.75, 3.05) is 0 Å². The van der Waals surface area contributed by atoms with Gasteiger partial charge < -0.3 is 0 Å². The van der Waals surface area contributed by atoms with Gasteiger partial charge in [0.2, 0.25) is 0 Å². The van der Waals surface area contributed by atoms with Crippen LogP contribution in [0, 0.1) is 12.7 Å². The van der Waals surface area contributed by atoms with E-state index in [9.17, 15) is 4.39 Å². The molecule has 0 spiro atoms. The molecule has 106 valence electrons. The first-order valence-corrected chi connectivity index (χ1v) is 7.65. The normalized spacial score (nSPS) is 10.8. The molecule has 1 heterocycles. The van der Waals surface area contributed by atoms with Gasteiger partial charge in [0.25, 0.3) is 0 Å². The molecule has 0 aliphatic carbocycles. The van der Waals surface area contributed by atoms with Gasteiger partial charge in [-0.25, -0.2) is 4.39 Å². The molecule has 0 saturated heterocycles. The van der Waals surface area contributed by atoms with Gasteiger partial charge in [0.05, 0.1) is 10.9 Å².